The molecule has 0 aliphatic carbocycles. The Balaban J connectivity index is 0.00000324. The third-order valence-corrected chi connectivity index (χ3v) is 7.26. The normalized spacial score (nSPS) is 16.8. The topological polar surface area (TPSA) is 25.0 Å². The molecule has 5 nitrogen and oxygen atoms in total. The highest BCUT2D eigenvalue weighted by Gasteiger charge is 2.33. The smallest absolute Gasteiger partial charge is 0.340 e. The van der Waals surface area contributed by atoms with Gasteiger partial charge in [0.15, 0.2) is 0 Å². The van der Waals surface area contributed by atoms with Crippen molar-refractivity contribution < 1.29 is 13.2 Å². The molecule has 0 bridgehead atoms. The maximum Gasteiger partial charge on any atom is 0.416 e. The molecular weight excluding hydrogens is 483 g/mol. The number of hydrogen-bond acceptors (Lipinski definition) is 6. The molecule has 0 saturated carbocycles. The number of anilines is 2. The van der Waals surface area contributed by atoms with Crippen molar-refractivity contribution in [2.45, 2.75) is 22.4 Å². The summed E-state index contributed by atoms with van der Waals surface area (Å²) in [6.45, 7) is 7.78. The predicted molar refractivity (Wildman–Crippen MR) is 135 cm³/mol. The van der Waals surface area contributed by atoms with Crippen LogP contribution in [-0.4, -0.2) is 81.3 Å². The largest absolute Gasteiger partial charge is 0.416 e. The van der Waals surface area contributed by atoms with E-state index in [2.05, 4.69) is 20.1 Å². The third-order valence-electron chi connectivity index (χ3n) is 6.13. The number of benzene rings is 2. The average Bonchev–Trinajstić information content (AvgIpc) is 2.78. The van der Waals surface area contributed by atoms with Gasteiger partial charge in [-0.2, -0.15) is 13.2 Å². The molecule has 0 unspecified atom stereocenters. The van der Waals surface area contributed by atoms with Crippen LogP contribution in [0, 0.1) is 0 Å². The van der Waals surface area contributed by atoms with E-state index in [4.69, 9.17) is 0 Å². The van der Waals surface area contributed by atoms with Gasteiger partial charge in [-0.1, -0.05) is 23.9 Å². The molecule has 0 spiro atoms. The molecule has 2 heterocycles. The van der Waals surface area contributed by atoms with Gasteiger partial charge < -0.3 is 9.80 Å². The first-order valence-electron chi connectivity index (χ1n) is 11.4. The molecule has 0 amide bonds. The van der Waals surface area contributed by atoms with E-state index in [0.29, 0.717) is 12.2 Å². The molecule has 1 N–H and O–H groups in total. The number of fused-ring (bicyclic) bond motifs is 2. The van der Waals surface area contributed by atoms with E-state index in [0.717, 1.165) is 67.7 Å². The maximum atomic E-state index is 13.4. The second kappa shape index (κ2) is 12.0. The minimum absolute atomic E-state index is 0. The SMILES string of the molecule is CN(C)NCCN1CCN(CCCN2c3ccccc3Sc3ccc(C(F)(F)F)cc32)CC1.Cl. The molecule has 1 fully saturated rings. The monoisotopic (exact) mass is 515 g/mol. The van der Waals surface area contributed by atoms with Crippen LogP contribution in [-0.2, 0) is 6.18 Å². The molecule has 34 heavy (non-hydrogen) atoms. The van der Waals surface area contributed by atoms with Gasteiger partial charge in [-0.3, -0.25) is 15.3 Å². The van der Waals surface area contributed by atoms with Crippen molar-refractivity contribution in [2.75, 3.05) is 71.4 Å². The Morgan fingerprint density at radius 3 is 2.21 bits per heavy atom. The van der Waals surface area contributed by atoms with Crippen LogP contribution < -0.4 is 10.3 Å². The predicted octanol–water partition coefficient (Wildman–Crippen LogP) is 4.80. The van der Waals surface area contributed by atoms with Crippen molar-refractivity contribution in [2.24, 2.45) is 0 Å². The molecule has 1 saturated heterocycles. The highest BCUT2D eigenvalue weighted by Crippen LogP contribution is 2.49. The molecule has 0 radical (unpaired) electrons. The van der Waals surface area contributed by atoms with Gasteiger partial charge in [-0.15, -0.1) is 12.4 Å². The molecule has 10 heteroatoms. The fourth-order valence-electron chi connectivity index (χ4n) is 4.37. The van der Waals surface area contributed by atoms with Crippen LogP contribution in [0.4, 0.5) is 24.5 Å². The van der Waals surface area contributed by atoms with Gasteiger partial charge in [-0.25, -0.2) is 0 Å². The van der Waals surface area contributed by atoms with Crippen LogP contribution in [0.1, 0.15) is 12.0 Å². The van der Waals surface area contributed by atoms with Gasteiger partial charge in [0, 0.05) is 69.7 Å². The minimum Gasteiger partial charge on any atom is -0.340 e. The van der Waals surface area contributed by atoms with Crippen molar-refractivity contribution in [3.8, 4) is 0 Å². The van der Waals surface area contributed by atoms with Crippen LogP contribution in [0.25, 0.3) is 0 Å². The van der Waals surface area contributed by atoms with Gasteiger partial charge in [0.1, 0.15) is 0 Å². The second-order valence-corrected chi connectivity index (χ2v) is 9.82. The fraction of sp³-hybridized carbons (Fsp3) is 0.500. The molecule has 4 rings (SSSR count). The van der Waals surface area contributed by atoms with Crippen LogP contribution in [0.15, 0.2) is 52.3 Å². The summed E-state index contributed by atoms with van der Waals surface area (Å²) in [7, 11) is 4.00. The molecule has 0 atom stereocenters. The van der Waals surface area contributed by atoms with E-state index in [9.17, 15) is 13.2 Å². The maximum absolute atomic E-state index is 13.4. The summed E-state index contributed by atoms with van der Waals surface area (Å²) in [5.74, 6) is 0. The Kier molecular flexibility index (Phi) is 9.54. The standard InChI is InChI=1S/C24H32F3N5S.ClH/c1-29(2)28-10-13-31-16-14-30(15-17-31)11-5-12-32-20-6-3-4-7-22(20)33-23-9-8-19(18-21(23)32)24(25,26)27;/h3-4,6-9,18,28H,5,10-17H2,1-2H3;1H. The summed E-state index contributed by atoms with van der Waals surface area (Å²) in [6, 6.07) is 12.1. The number of piperazine rings is 1. The van der Waals surface area contributed by atoms with E-state index in [1.165, 1.54) is 12.1 Å². The lowest BCUT2D eigenvalue weighted by atomic mass is 10.1. The van der Waals surface area contributed by atoms with Gasteiger partial charge in [-0.05, 0) is 43.3 Å². The Morgan fingerprint density at radius 1 is 0.882 bits per heavy atom. The molecule has 2 aliphatic heterocycles. The van der Waals surface area contributed by atoms with E-state index in [-0.39, 0.29) is 12.4 Å². The Bertz CT molecular complexity index is 935. The van der Waals surface area contributed by atoms with Gasteiger partial charge in [0.25, 0.3) is 0 Å². The van der Waals surface area contributed by atoms with Crippen LogP contribution >= 0.6 is 24.2 Å². The molecule has 2 aromatic rings. The number of rotatable bonds is 8. The first kappa shape index (κ1) is 27.1. The van der Waals surface area contributed by atoms with Gasteiger partial charge in [0.2, 0.25) is 0 Å². The summed E-state index contributed by atoms with van der Waals surface area (Å²) in [5.41, 5.74) is 4.37. The number of halogens is 4. The first-order chi connectivity index (χ1) is 15.8. The average molecular weight is 516 g/mol. The fourth-order valence-corrected chi connectivity index (χ4v) is 5.44. The van der Waals surface area contributed by atoms with Crippen molar-refractivity contribution in [1.82, 2.24) is 20.2 Å². The van der Waals surface area contributed by atoms with Crippen molar-refractivity contribution >= 4 is 35.5 Å². The van der Waals surface area contributed by atoms with Gasteiger partial charge >= 0.3 is 6.18 Å². The second-order valence-electron chi connectivity index (χ2n) is 8.74. The summed E-state index contributed by atoms with van der Waals surface area (Å²) in [5, 5.41) is 1.98. The van der Waals surface area contributed by atoms with Crippen LogP contribution in [0.2, 0.25) is 0 Å². The summed E-state index contributed by atoms with van der Waals surface area (Å²) in [6.07, 6.45) is -3.44. The number of para-hydroxylation sites is 1. The van der Waals surface area contributed by atoms with Crippen LogP contribution in [0.5, 0.6) is 0 Å². The van der Waals surface area contributed by atoms with Crippen molar-refractivity contribution in [3.05, 3.63) is 48.0 Å². The lowest BCUT2D eigenvalue weighted by Gasteiger charge is -2.36. The molecule has 2 aliphatic rings. The number of nitrogens with zero attached hydrogens (tertiary/aromatic N) is 4. The van der Waals surface area contributed by atoms with Crippen LogP contribution in [0.3, 0.4) is 0 Å². The summed E-state index contributed by atoms with van der Waals surface area (Å²) >= 11 is 1.54. The number of hydrogen-bond donors (Lipinski definition) is 1. The van der Waals surface area contributed by atoms with Crippen molar-refractivity contribution in [1.29, 1.82) is 0 Å². The van der Waals surface area contributed by atoms with E-state index >= 15 is 0 Å². The summed E-state index contributed by atoms with van der Waals surface area (Å²) in [4.78, 5) is 8.97. The Morgan fingerprint density at radius 2 is 1.53 bits per heavy atom. The molecule has 0 aromatic heterocycles. The lowest BCUT2D eigenvalue weighted by molar-refractivity contribution is -0.137. The molecule has 188 valence electrons. The van der Waals surface area contributed by atoms with E-state index in [1.54, 1.807) is 17.8 Å². The summed E-state index contributed by atoms with van der Waals surface area (Å²) < 4.78 is 40.1. The quantitative estimate of drug-likeness (QED) is 0.507. The highest BCUT2D eigenvalue weighted by molar-refractivity contribution is 7.99. The lowest BCUT2D eigenvalue weighted by Crippen LogP contribution is -2.49. The van der Waals surface area contributed by atoms with E-state index in [1.807, 2.05) is 43.4 Å². The number of alkyl halides is 3. The Labute approximate surface area is 210 Å². The van der Waals surface area contributed by atoms with E-state index < -0.39 is 11.7 Å². The Hall–Kier alpha value is -1.49. The molecule has 2 aromatic carbocycles. The number of nitrogens with one attached hydrogen (secondary N) is 1. The third kappa shape index (κ3) is 6.80. The zero-order valence-electron chi connectivity index (χ0n) is 19.6. The minimum atomic E-state index is -4.34. The first-order valence-corrected chi connectivity index (χ1v) is 12.2. The zero-order valence-corrected chi connectivity index (χ0v) is 21.3. The highest BCUT2D eigenvalue weighted by atomic mass is 35.5. The molecular formula is C24H33ClF3N5S. The zero-order chi connectivity index (χ0) is 23.4. The van der Waals surface area contributed by atoms with Gasteiger partial charge in [0.05, 0.1) is 16.9 Å². The van der Waals surface area contributed by atoms with Crippen molar-refractivity contribution in [3.63, 3.8) is 0 Å². The number of hydrazine groups is 1.